The monoisotopic (exact) mass is 274 g/mol. The molecule has 0 aromatic heterocycles. The molecule has 1 N–H and O–H groups in total. The van der Waals surface area contributed by atoms with Crippen LogP contribution < -0.4 is 3.95 Å². The van der Waals surface area contributed by atoms with E-state index in [9.17, 15) is 0 Å². The van der Waals surface area contributed by atoms with Crippen LogP contribution in [0.1, 0.15) is 0 Å². The quantitative estimate of drug-likeness (QED) is 0.829. The van der Waals surface area contributed by atoms with Crippen molar-refractivity contribution in [1.82, 2.24) is 0 Å². The van der Waals surface area contributed by atoms with Crippen molar-refractivity contribution in [2.75, 3.05) is 3.95 Å². The SMILES string of the molecule is [Pd][NH]c1ccccc1-c1ccccc1. The first-order chi connectivity index (χ1) is 6.92. The van der Waals surface area contributed by atoms with Gasteiger partial charge in [-0.3, -0.25) is 0 Å². The Kier molecular flexibility index (Phi) is 2.98. The van der Waals surface area contributed by atoms with E-state index in [1.165, 1.54) is 11.1 Å². The van der Waals surface area contributed by atoms with Gasteiger partial charge in [0.1, 0.15) is 0 Å². The molecule has 0 aliphatic carbocycles. The van der Waals surface area contributed by atoms with Gasteiger partial charge in [-0.05, 0) is 0 Å². The van der Waals surface area contributed by atoms with Gasteiger partial charge in [0, 0.05) is 0 Å². The molecule has 0 spiro atoms. The summed E-state index contributed by atoms with van der Waals surface area (Å²) < 4.78 is 3.04. The first-order valence-corrected chi connectivity index (χ1v) is 5.17. The number of para-hydroxylation sites is 1. The molecule has 0 radical (unpaired) electrons. The van der Waals surface area contributed by atoms with E-state index < -0.39 is 0 Å². The second-order valence-electron chi connectivity index (χ2n) is 2.99. The van der Waals surface area contributed by atoms with Crippen LogP contribution >= 0.6 is 0 Å². The van der Waals surface area contributed by atoms with E-state index in [0.29, 0.717) is 0 Å². The molecule has 0 unspecified atom stereocenters. The van der Waals surface area contributed by atoms with Crippen LogP contribution in [0.4, 0.5) is 5.69 Å². The van der Waals surface area contributed by atoms with E-state index >= 15 is 0 Å². The Morgan fingerprint density at radius 1 is 0.786 bits per heavy atom. The van der Waals surface area contributed by atoms with Crippen LogP contribution in [0.2, 0.25) is 0 Å². The van der Waals surface area contributed by atoms with Crippen molar-refractivity contribution in [3.05, 3.63) is 54.6 Å². The van der Waals surface area contributed by atoms with Crippen LogP contribution in [0, 0.1) is 0 Å². The molecule has 0 aliphatic heterocycles. The molecule has 2 heteroatoms. The Labute approximate surface area is 94.8 Å². The van der Waals surface area contributed by atoms with Gasteiger partial charge < -0.3 is 0 Å². The van der Waals surface area contributed by atoms with Crippen molar-refractivity contribution in [2.24, 2.45) is 0 Å². The summed E-state index contributed by atoms with van der Waals surface area (Å²) in [4.78, 5) is 0. The molecule has 2 aromatic rings. The first-order valence-electron chi connectivity index (χ1n) is 4.40. The van der Waals surface area contributed by atoms with Gasteiger partial charge >= 0.3 is 94.8 Å². The van der Waals surface area contributed by atoms with E-state index in [1.54, 1.807) is 0 Å². The number of benzene rings is 2. The van der Waals surface area contributed by atoms with Crippen LogP contribution in [0.15, 0.2) is 54.6 Å². The van der Waals surface area contributed by atoms with Crippen molar-refractivity contribution in [3.63, 3.8) is 0 Å². The normalized spacial score (nSPS) is 9.86. The average Bonchev–Trinajstić information content (AvgIpc) is 2.30. The molecule has 0 heterocycles. The Morgan fingerprint density at radius 2 is 1.43 bits per heavy atom. The van der Waals surface area contributed by atoms with Crippen LogP contribution in [-0.4, -0.2) is 0 Å². The third kappa shape index (κ3) is 1.87. The van der Waals surface area contributed by atoms with Crippen LogP contribution in [-0.2, 0) is 19.4 Å². The molecular weight excluding hydrogens is 265 g/mol. The molecule has 14 heavy (non-hydrogen) atoms. The van der Waals surface area contributed by atoms with E-state index in [2.05, 4.69) is 41.6 Å². The predicted molar refractivity (Wildman–Crippen MR) is 55.5 cm³/mol. The fourth-order valence-electron chi connectivity index (χ4n) is 1.42. The van der Waals surface area contributed by atoms with Crippen molar-refractivity contribution >= 4 is 5.69 Å². The number of anilines is 1. The van der Waals surface area contributed by atoms with E-state index in [-0.39, 0.29) is 0 Å². The molecule has 73 valence electrons. The summed E-state index contributed by atoms with van der Waals surface area (Å²) in [6.45, 7) is 0. The average molecular weight is 275 g/mol. The molecule has 1 nitrogen and oxygen atoms in total. The molecule has 0 saturated carbocycles. The minimum atomic E-state index is 1.10. The van der Waals surface area contributed by atoms with Crippen molar-refractivity contribution in [3.8, 4) is 11.1 Å². The van der Waals surface area contributed by atoms with Gasteiger partial charge in [0.2, 0.25) is 0 Å². The summed E-state index contributed by atoms with van der Waals surface area (Å²) in [7, 11) is 0. The Morgan fingerprint density at radius 3 is 2.14 bits per heavy atom. The molecule has 0 fully saturated rings. The number of rotatable bonds is 2. The summed E-state index contributed by atoms with van der Waals surface area (Å²) in [5.41, 5.74) is 3.53. The molecule has 0 bridgehead atoms. The topological polar surface area (TPSA) is 12.0 Å². The van der Waals surface area contributed by atoms with Crippen molar-refractivity contribution in [2.45, 2.75) is 0 Å². The van der Waals surface area contributed by atoms with Crippen molar-refractivity contribution < 1.29 is 19.4 Å². The van der Waals surface area contributed by atoms with Crippen LogP contribution in [0.25, 0.3) is 11.1 Å². The van der Waals surface area contributed by atoms with Gasteiger partial charge in [-0.15, -0.1) is 0 Å². The van der Waals surface area contributed by atoms with Gasteiger partial charge in [0.25, 0.3) is 0 Å². The van der Waals surface area contributed by atoms with Gasteiger partial charge in [-0.1, -0.05) is 0 Å². The zero-order valence-corrected chi connectivity index (χ0v) is 9.07. The maximum absolute atomic E-state index is 3.04. The van der Waals surface area contributed by atoms with E-state index in [0.717, 1.165) is 5.69 Å². The van der Waals surface area contributed by atoms with E-state index in [1.807, 2.05) is 36.4 Å². The number of hydrogen-bond donors (Lipinski definition) is 1. The number of nitrogens with one attached hydrogen (secondary N) is 1. The van der Waals surface area contributed by atoms with Gasteiger partial charge in [0.15, 0.2) is 0 Å². The van der Waals surface area contributed by atoms with E-state index in [4.69, 9.17) is 0 Å². The first kappa shape index (κ1) is 9.46. The number of hydrogen-bond acceptors (Lipinski definition) is 1. The maximum atomic E-state index is 3.04. The fourth-order valence-corrected chi connectivity index (χ4v) is 1.76. The summed E-state index contributed by atoms with van der Waals surface area (Å²) in [6, 6.07) is 18.5. The summed E-state index contributed by atoms with van der Waals surface area (Å²) in [5, 5.41) is 0. The second kappa shape index (κ2) is 4.41. The molecule has 0 saturated heterocycles. The molecule has 2 rings (SSSR count). The second-order valence-corrected chi connectivity index (χ2v) is 3.38. The van der Waals surface area contributed by atoms with Gasteiger partial charge in [0.05, 0.1) is 0 Å². The molecular formula is C12H10NPd. The molecule has 0 amide bonds. The minimum absolute atomic E-state index is 1.10. The molecule has 2 aromatic carbocycles. The van der Waals surface area contributed by atoms with Crippen molar-refractivity contribution in [1.29, 1.82) is 0 Å². The van der Waals surface area contributed by atoms with Gasteiger partial charge in [-0.2, -0.15) is 0 Å². The summed E-state index contributed by atoms with van der Waals surface area (Å²) in [5.74, 6) is 0. The van der Waals surface area contributed by atoms with Crippen LogP contribution in [0.5, 0.6) is 0 Å². The fraction of sp³-hybridized carbons (Fsp3) is 0. The zero-order valence-electron chi connectivity index (χ0n) is 7.51. The van der Waals surface area contributed by atoms with Crippen LogP contribution in [0.3, 0.4) is 0 Å². The summed E-state index contributed by atoms with van der Waals surface area (Å²) in [6.07, 6.45) is 0. The third-order valence-corrected chi connectivity index (χ3v) is 2.52. The zero-order chi connectivity index (χ0) is 9.80. The Hall–Kier alpha value is -1.10. The molecule has 0 aliphatic rings. The predicted octanol–water partition coefficient (Wildman–Crippen LogP) is 3.23. The Balaban J connectivity index is 2.51. The summed E-state index contributed by atoms with van der Waals surface area (Å²) >= 11 is 2.99. The van der Waals surface area contributed by atoms with Gasteiger partial charge in [-0.25, -0.2) is 0 Å². The third-order valence-electron chi connectivity index (χ3n) is 2.10. The standard InChI is InChI=1S/C12H10N.Pd/c13-12-9-5-4-8-11(12)10-6-2-1-3-7-10;/h1-9,13H;/q-1;+1. The molecule has 0 atom stereocenters. The Bertz CT molecular complexity index is 412.